The van der Waals surface area contributed by atoms with Crippen LogP contribution < -0.4 is 42.0 Å². The lowest BCUT2D eigenvalue weighted by molar-refractivity contribution is -0.255. The second kappa shape index (κ2) is 28.2. The first kappa shape index (κ1) is 61.2. The number of phosphoric acid groups is 2. The molecule has 3 heterocycles. The third-order valence-corrected chi connectivity index (χ3v) is 13.1. The average Bonchev–Trinajstić information content (AvgIpc) is 3.68. The van der Waals surface area contributed by atoms with Crippen LogP contribution in [-0.2, 0) is 64.3 Å². The molecule has 3 aromatic rings. The van der Waals surface area contributed by atoms with E-state index in [9.17, 15) is 48.3 Å². The summed E-state index contributed by atoms with van der Waals surface area (Å²) in [5.41, 5.74) is 8.99. The molecule has 1 saturated heterocycles. The third kappa shape index (κ3) is 17.8. The molecule has 0 radical (unpaired) electrons. The number of hydrogen-bond acceptors (Lipinski definition) is 19. The summed E-state index contributed by atoms with van der Waals surface area (Å²) >= 11 is 0. The Morgan fingerprint density at radius 1 is 0.846 bits per heavy atom. The number of amides is 2. The summed E-state index contributed by atoms with van der Waals surface area (Å²) in [4.78, 5) is 92.9. The van der Waals surface area contributed by atoms with Crippen molar-refractivity contribution in [3.05, 3.63) is 93.3 Å². The number of aryl methyl sites for hydroxylation is 1. The smallest absolute Gasteiger partial charge is 0.470 e. The highest BCUT2D eigenvalue weighted by Crippen LogP contribution is 2.46. The zero-order valence-electron chi connectivity index (χ0n) is 43.3. The Kier molecular flexibility index (Phi) is 22.2. The van der Waals surface area contributed by atoms with Gasteiger partial charge in [0.1, 0.15) is 49.6 Å². The molecule has 3 aliphatic rings. The van der Waals surface area contributed by atoms with E-state index in [1.165, 1.54) is 12.3 Å². The van der Waals surface area contributed by atoms with Gasteiger partial charge in [0.2, 0.25) is 17.2 Å². The van der Waals surface area contributed by atoms with E-state index in [0.29, 0.717) is 46.6 Å². The van der Waals surface area contributed by atoms with Gasteiger partial charge in [-0.25, -0.2) is 18.5 Å². The number of aromatic nitrogens is 2. The van der Waals surface area contributed by atoms with Crippen molar-refractivity contribution in [3.8, 4) is 22.5 Å². The summed E-state index contributed by atoms with van der Waals surface area (Å²) in [5, 5.41) is 30.6. The summed E-state index contributed by atoms with van der Waals surface area (Å²) in [5.74, 6) is -1.57. The van der Waals surface area contributed by atoms with Gasteiger partial charge in [0.25, 0.3) is 0 Å². The quantitative estimate of drug-likeness (QED) is 0.0124. The number of aliphatic hydroxyl groups is 1. The van der Waals surface area contributed by atoms with Crippen LogP contribution in [0, 0.1) is 0 Å². The van der Waals surface area contributed by atoms with E-state index in [1.807, 2.05) is 74.1 Å². The summed E-state index contributed by atoms with van der Waals surface area (Å²) in [6.07, 6.45) is -5.39. The number of fused-ring (bicyclic) bond motifs is 2. The van der Waals surface area contributed by atoms with E-state index >= 15 is 0 Å². The highest BCUT2D eigenvalue weighted by Gasteiger charge is 2.49. The van der Waals surface area contributed by atoms with Gasteiger partial charge in [-0.2, -0.15) is 4.98 Å². The molecule has 1 aliphatic carbocycles. The predicted molar refractivity (Wildman–Crippen MR) is 278 cm³/mol. The Hall–Kier alpha value is -6.00. The van der Waals surface area contributed by atoms with Crippen molar-refractivity contribution in [1.29, 1.82) is 0 Å². The number of nitrogen functional groups attached to an aromatic ring is 1. The van der Waals surface area contributed by atoms with Crippen molar-refractivity contribution < 1.29 is 90.4 Å². The Bertz CT molecular complexity index is 3080. The Labute approximate surface area is 447 Å². The molecule has 2 amide bonds. The molecule has 2 aliphatic heterocycles. The summed E-state index contributed by atoms with van der Waals surface area (Å²) in [6.45, 7) is 1.43. The van der Waals surface area contributed by atoms with Crippen molar-refractivity contribution in [2.45, 2.75) is 50.2 Å². The summed E-state index contributed by atoms with van der Waals surface area (Å²) in [6, 6.07) is 16.4. The van der Waals surface area contributed by atoms with Crippen LogP contribution in [0.5, 0.6) is 0 Å². The molecule has 4 atom stereocenters. The first-order valence-electron chi connectivity index (χ1n) is 24.5. The standard InChI is InChI=1S/C49H65N7O20P2/c1-54(2)32-8-11-35-38(26-32)74-39-27-33(55(3)4)9-12-36(39)43(35)34-10-7-30(24-37(34)48(60)61)25-42(58)52-15-17-70-19-21-72-23-22-71-20-18-69-16-13-41(57)51-14-5-6-31-28-56(49(62)53-46(31)50)47-44(59)45(76-78(66,67)68)40(75-47)29-73-77(63,64)65/h7-12,24,26-28,40,44-45,47,59H,5-6,13-23,25,29H2,1-4H3,(H8-,50,51,52,53,57,58,60,61,62,63,64,65,66,67,68)/t40-,44?,45?,47-/m1/s1. The minimum absolute atomic E-state index is 0.0520. The normalized spacial score (nSPS) is 16.7. The van der Waals surface area contributed by atoms with Gasteiger partial charge in [-0.3, -0.25) is 23.2 Å². The van der Waals surface area contributed by atoms with E-state index in [4.69, 9.17) is 43.6 Å². The molecule has 0 spiro atoms. The Morgan fingerprint density at radius 3 is 2.14 bits per heavy atom. The maximum atomic E-state index is 12.9. The molecule has 0 saturated carbocycles. The lowest BCUT2D eigenvalue weighted by Crippen LogP contribution is -2.38. The maximum Gasteiger partial charge on any atom is 0.470 e. The molecule has 426 valence electrons. The van der Waals surface area contributed by atoms with E-state index in [2.05, 4.69) is 24.7 Å². The topological polar surface area (TPSA) is 379 Å². The molecule has 1 aromatic heterocycles. The number of phosphoric ester groups is 2. The van der Waals surface area contributed by atoms with Crippen LogP contribution in [0.4, 0.5) is 11.5 Å². The first-order chi connectivity index (χ1) is 37.0. The predicted octanol–water partition coefficient (Wildman–Crippen LogP) is -0.485. The van der Waals surface area contributed by atoms with E-state index in [-0.39, 0.29) is 102 Å². The number of aliphatic hydroxyl groups excluding tert-OH is 1. The molecule has 78 heavy (non-hydrogen) atoms. The lowest BCUT2D eigenvalue weighted by atomic mass is 9.89. The number of anilines is 2. The highest BCUT2D eigenvalue weighted by molar-refractivity contribution is 7.46. The molecular weight excluding hydrogens is 1070 g/mol. The van der Waals surface area contributed by atoms with Crippen LogP contribution >= 0.6 is 15.6 Å². The van der Waals surface area contributed by atoms with E-state index in [0.717, 1.165) is 26.6 Å². The number of carboxylic acid groups (broad SMARTS) is 1. The van der Waals surface area contributed by atoms with Gasteiger partial charge in [0.05, 0.1) is 77.9 Å². The summed E-state index contributed by atoms with van der Waals surface area (Å²) < 4.78 is 68.3. The van der Waals surface area contributed by atoms with Crippen LogP contribution in [0.1, 0.15) is 40.6 Å². The molecule has 2 aromatic carbocycles. The van der Waals surface area contributed by atoms with Gasteiger partial charge in [-0.1, -0.05) is 12.1 Å². The SMILES string of the molecule is CN(C)c1ccc2c(-c3ccc(CC(=O)NCCOCCOCCOCCOCCC(=O)NCCCc4cn([C@@H]5O[C@H](COP(=O)(O)O)C(OP(=O)(O)O)C5O)c(=O)nc4N)cc3C(=O)[O-])c3ccc(=[N+](C)C)cc-3oc2c1. The van der Waals surface area contributed by atoms with Crippen molar-refractivity contribution in [1.82, 2.24) is 24.8 Å². The number of nitrogens with one attached hydrogen (secondary N) is 2. The van der Waals surface area contributed by atoms with E-state index in [1.54, 1.807) is 12.1 Å². The van der Waals surface area contributed by atoms with Gasteiger partial charge >= 0.3 is 21.3 Å². The minimum Gasteiger partial charge on any atom is -0.545 e. The molecule has 27 nitrogen and oxygen atoms in total. The summed E-state index contributed by atoms with van der Waals surface area (Å²) in [7, 11) is -2.63. The molecule has 29 heteroatoms. The van der Waals surface area contributed by atoms with Crippen LogP contribution in [0.25, 0.3) is 33.4 Å². The number of aromatic carboxylic acids is 1. The molecule has 0 bridgehead atoms. The third-order valence-electron chi connectivity index (χ3n) is 12.1. The lowest BCUT2D eigenvalue weighted by Gasteiger charge is -2.21. The molecule has 9 N–H and O–H groups in total. The number of nitrogens with two attached hydrogens (primary N) is 1. The van der Waals surface area contributed by atoms with Gasteiger partial charge in [0, 0.05) is 85.3 Å². The number of ether oxygens (including phenoxy) is 5. The van der Waals surface area contributed by atoms with Crippen molar-refractivity contribution in [2.75, 3.05) is 111 Å². The van der Waals surface area contributed by atoms with Gasteiger partial charge in [-0.05, 0) is 48.2 Å². The van der Waals surface area contributed by atoms with Gasteiger partial charge < -0.3 is 83.9 Å². The first-order valence-corrected chi connectivity index (χ1v) is 27.6. The fourth-order valence-electron chi connectivity index (χ4n) is 8.27. The number of carbonyl (C=O) groups is 3. The van der Waals surface area contributed by atoms with Crippen LogP contribution in [0.15, 0.2) is 70.0 Å². The average molecular weight is 1130 g/mol. The zero-order valence-corrected chi connectivity index (χ0v) is 45.1. The van der Waals surface area contributed by atoms with Crippen LogP contribution in [0.3, 0.4) is 0 Å². The number of hydrogen-bond donors (Lipinski definition) is 8. The molecule has 1 fully saturated rings. The van der Waals surface area contributed by atoms with Crippen LogP contribution in [-0.4, -0.2) is 171 Å². The highest BCUT2D eigenvalue weighted by atomic mass is 31.2. The molecule has 2 unspecified atom stereocenters. The number of carbonyl (C=O) groups excluding carboxylic acids is 3. The molecule has 6 rings (SSSR count). The largest absolute Gasteiger partial charge is 0.545 e. The fraction of sp³-hybridized carbons (Fsp3) is 0.469. The monoisotopic (exact) mass is 1130 g/mol. The second-order valence-corrected chi connectivity index (χ2v) is 20.6. The van der Waals surface area contributed by atoms with Gasteiger partial charge in [0.15, 0.2) is 6.23 Å². The Morgan fingerprint density at radius 2 is 1.50 bits per heavy atom. The van der Waals surface area contributed by atoms with Crippen molar-refractivity contribution >= 4 is 55.9 Å². The zero-order chi connectivity index (χ0) is 56.7. The second-order valence-electron chi connectivity index (χ2n) is 18.2. The maximum absolute atomic E-state index is 12.9. The van der Waals surface area contributed by atoms with Crippen LogP contribution in [0.2, 0.25) is 0 Å². The number of carboxylic acids is 1. The van der Waals surface area contributed by atoms with Gasteiger partial charge in [-0.15, -0.1) is 0 Å². The number of rotatable bonds is 30. The number of benzene rings is 3. The molecular formula is C49H65N7O20P2. The number of nitrogens with zero attached hydrogens (tertiary/aromatic N) is 4. The fourth-order valence-corrected chi connectivity index (χ4v) is 9.19. The van der Waals surface area contributed by atoms with E-state index < -0.39 is 58.5 Å². The van der Waals surface area contributed by atoms with Crippen molar-refractivity contribution in [2.24, 2.45) is 0 Å². The Balaban J connectivity index is 0.817. The minimum atomic E-state index is -5.26. The van der Waals surface area contributed by atoms with Crippen molar-refractivity contribution in [3.63, 3.8) is 0 Å².